The van der Waals surface area contributed by atoms with Gasteiger partial charge >= 0.3 is 0 Å². The molecule has 0 aliphatic carbocycles. The Balaban J connectivity index is 1.57. The van der Waals surface area contributed by atoms with Gasteiger partial charge in [0, 0.05) is 25.6 Å². The van der Waals surface area contributed by atoms with Crippen LogP contribution < -0.4 is 5.32 Å². The summed E-state index contributed by atoms with van der Waals surface area (Å²) in [6.45, 7) is 19.2. The lowest BCUT2D eigenvalue weighted by Crippen LogP contribution is -2.49. The highest BCUT2D eigenvalue weighted by Crippen LogP contribution is 2.39. The Labute approximate surface area is 272 Å². The number of hydrogen-bond acceptors (Lipinski definition) is 8. The summed E-state index contributed by atoms with van der Waals surface area (Å²) in [4.78, 5) is 46.3. The number of rotatable bonds is 12. The number of carbonyl (C=O) groups excluding carboxylic acids is 3. The van der Waals surface area contributed by atoms with Gasteiger partial charge in [-0.1, -0.05) is 64.1 Å². The molecule has 1 aliphatic heterocycles. The second-order valence-corrected chi connectivity index (χ2v) is 19.6. The SMILES string of the molecule is Cc1ncsc1-c1ccc([C@H](C)NC(=O)[C@@H]2C[C@@H](O[Si](C)(C)C(C)(C)C)CN2C(=O)[C@H](C(C)C)n2cc(CCC=O)nn2)cc1. The van der Waals surface area contributed by atoms with Crippen molar-refractivity contribution in [3.05, 3.63) is 52.9 Å². The molecule has 0 spiro atoms. The van der Waals surface area contributed by atoms with Gasteiger partial charge in [-0.3, -0.25) is 9.59 Å². The molecular weight excluding hydrogens is 605 g/mol. The first-order valence-electron chi connectivity index (χ1n) is 15.8. The topological polar surface area (TPSA) is 119 Å². The van der Waals surface area contributed by atoms with Crippen molar-refractivity contribution in [2.24, 2.45) is 5.92 Å². The summed E-state index contributed by atoms with van der Waals surface area (Å²) < 4.78 is 8.34. The number of aldehydes is 1. The Bertz CT molecular complexity index is 1480. The number of aryl methyl sites for hydroxylation is 2. The number of amides is 2. The van der Waals surface area contributed by atoms with Gasteiger partial charge < -0.3 is 19.4 Å². The van der Waals surface area contributed by atoms with E-state index in [1.165, 1.54) is 0 Å². The van der Waals surface area contributed by atoms with E-state index in [-0.39, 0.29) is 34.9 Å². The quantitative estimate of drug-likeness (QED) is 0.191. The van der Waals surface area contributed by atoms with E-state index in [1.54, 1.807) is 27.1 Å². The van der Waals surface area contributed by atoms with Crippen LogP contribution in [0.4, 0.5) is 0 Å². The van der Waals surface area contributed by atoms with Crippen LogP contribution in [0.25, 0.3) is 10.4 Å². The molecule has 45 heavy (non-hydrogen) atoms. The molecule has 0 unspecified atom stereocenters. The highest BCUT2D eigenvalue weighted by atomic mass is 32.1. The molecule has 0 radical (unpaired) electrons. The fraction of sp³-hybridized carbons (Fsp3) is 0.576. The lowest BCUT2D eigenvalue weighted by atomic mass is 10.0. The molecule has 1 aliphatic rings. The smallest absolute Gasteiger partial charge is 0.248 e. The van der Waals surface area contributed by atoms with E-state index in [1.807, 2.05) is 45.3 Å². The van der Waals surface area contributed by atoms with Gasteiger partial charge in [-0.2, -0.15) is 0 Å². The molecule has 4 atom stereocenters. The Morgan fingerprint density at radius 1 is 1.18 bits per heavy atom. The van der Waals surface area contributed by atoms with E-state index < -0.39 is 20.4 Å². The number of hydrogen-bond donors (Lipinski definition) is 1. The molecule has 2 aromatic heterocycles. The Morgan fingerprint density at radius 2 is 1.87 bits per heavy atom. The highest BCUT2D eigenvalue weighted by Gasteiger charge is 2.47. The zero-order valence-electron chi connectivity index (χ0n) is 28.0. The number of nitrogens with zero attached hydrogens (tertiary/aromatic N) is 5. The van der Waals surface area contributed by atoms with Crippen LogP contribution in [-0.2, 0) is 25.2 Å². The molecule has 12 heteroatoms. The Kier molecular flexibility index (Phi) is 10.8. The third-order valence-corrected chi connectivity index (χ3v) is 14.7. The second-order valence-electron chi connectivity index (χ2n) is 13.9. The van der Waals surface area contributed by atoms with Crippen molar-refractivity contribution < 1.29 is 18.8 Å². The number of thiazole rings is 1. The lowest BCUT2D eigenvalue weighted by molar-refractivity contribution is -0.142. The zero-order valence-corrected chi connectivity index (χ0v) is 29.9. The summed E-state index contributed by atoms with van der Waals surface area (Å²) in [7, 11) is -2.17. The zero-order chi connectivity index (χ0) is 33.1. The third-order valence-electron chi connectivity index (χ3n) is 9.14. The first kappa shape index (κ1) is 34.6. The third kappa shape index (κ3) is 7.96. The first-order chi connectivity index (χ1) is 21.1. The monoisotopic (exact) mass is 652 g/mol. The fourth-order valence-corrected chi connectivity index (χ4v) is 7.68. The van der Waals surface area contributed by atoms with Crippen LogP contribution in [0, 0.1) is 12.8 Å². The summed E-state index contributed by atoms with van der Waals surface area (Å²) in [5.41, 5.74) is 5.57. The highest BCUT2D eigenvalue weighted by molar-refractivity contribution is 7.13. The van der Waals surface area contributed by atoms with Gasteiger partial charge in [-0.25, -0.2) is 9.67 Å². The van der Waals surface area contributed by atoms with E-state index in [9.17, 15) is 14.4 Å². The number of carbonyl (C=O) groups is 3. The van der Waals surface area contributed by atoms with Gasteiger partial charge in [0.1, 0.15) is 18.4 Å². The molecule has 244 valence electrons. The van der Waals surface area contributed by atoms with Crippen LogP contribution in [0.3, 0.4) is 0 Å². The van der Waals surface area contributed by atoms with E-state index >= 15 is 0 Å². The first-order valence-corrected chi connectivity index (χ1v) is 19.5. The molecule has 3 heterocycles. The summed E-state index contributed by atoms with van der Waals surface area (Å²) in [5, 5.41) is 11.6. The molecule has 1 saturated heterocycles. The maximum Gasteiger partial charge on any atom is 0.248 e. The summed E-state index contributed by atoms with van der Waals surface area (Å²) in [6, 6.07) is 6.58. The van der Waals surface area contributed by atoms with Crippen molar-refractivity contribution in [3.8, 4) is 10.4 Å². The maximum atomic E-state index is 14.3. The van der Waals surface area contributed by atoms with Gasteiger partial charge in [-0.05, 0) is 55.4 Å². The molecule has 0 bridgehead atoms. The normalized spacial score (nSPS) is 18.7. The predicted molar refractivity (Wildman–Crippen MR) is 179 cm³/mol. The van der Waals surface area contributed by atoms with Gasteiger partial charge in [0.2, 0.25) is 11.8 Å². The van der Waals surface area contributed by atoms with Gasteiger partial charge in [0.05, 0.1) is 33.9 Å². The number of likely N-dealkylation sites (tertiary alicyclic amines) is 1. The molecular formula is C33H48N6O4SSi. The van der Waals surface area contributed by atoms with Crippen molar-refractivity contribution in [1.82, 2.24) is 30.2 Å². The molecule has 1 N–H and O–H groups in total. The van der Waals surface area contributed by atoms with E-state index in [2.05, 4.69) is 66.6 Å². The summed E-state index contributed by atoms with van der Waals surface area (Å²) in [5.74, 6) is -0.496. The van der Waals surface area contributed by atoms with Crippen LogP contribution in [0.2, 0.25) is 18.1 Å². The van der Waals surface area contributed by atoms with Crippen LogP contribution in [0.1, 0.15) is 83.4 Å². The van der Waals surface area contributed by atoms with E-state index in [0.29, 0.717) is 31.5 Å². The number of aromatic nitrogens is 4. The minimum Gasteiger partial charge on any atom is -0.412 e. The van der Waals surface area contributed by atoms with Crippen molar-refractivity contribution >= 4 is 37.8 Å². The van der Waals surface area contributed by atoms with Gasteiger partial charge in [0.25, 0.3) is 0 Å². The van der Waals surface area contributed by atoms with Crippen molar-refractivity contribution in [1.29, 1.82) is 0 Å². The van der Waals surface area contributed by atoms with E-state index in [4.69, 9.17) is 4.43 Å². The molecule has 3 aromatic rings. The summed E-state index contributed by atoms with van der Waals surface area (Å²) in [6.07, 6.45) is 3.55. The summed E-state index contributed by atoms with van der Waals surface area (Å²) >= 11 is 1.61. The Hall–Kier alpha value is -3.22. The average molecular weight is 653 g/mol. The number of nitrogens with one attached hydrogen (secondary N) is 1. The van der Waals surface area contributed by atoms with Gasteiger partial charge in [0.15, 0.2) is 8.32 Å². The molecule has 10 nitrogen and oxygen atoms in total. The minimum atomic E-state index is -2.17. The van der Waals surface area contributed by atoms with Crippen LogP contribution in [-0.4, -0.2) is 70.0 Å². The second kappa shape index (κ2) is 14.0. The Morgan fingerprint density at radius 3 is 2.44 bits per heavy atom. The van der Waals surface area contributed by atoms with Crippen LogP contribution >= 0.6 is 11.3 Å². The van der Waals surface area contributed by atoms with Crippen LogP contribution in [0.15, 0.2) is 36.0 Å². The molecule has 1 aromatic carbocycles. The predicted octanol–water partition coefficient (Wildman–Crippen LogP) is 5.91. The molecule has 1 fully saturated rings. The number of benzene rings is 1. The molecule has 2 amide bonds. The largest absolute Gasteiger partial charge is 0.412 e. The maximum absolute atomic E-state index is 14.3. The molecule has 0 saturated carbocycles. The standard InChI is InChI=1S/C33H48N6O4SSi/c1-21(2)29(39-18-26(36-37-39)11-10-16-40)32(42)38-19-27(43-45(8,9)33(5,6)7)17-28(38)31(41)35-22(3)24-12-14-25(15-13-24)30-23(4)34-20-44-30/h12-16,18,20-22,27-29H,10-11,17,19H2,1-9H3,(H,35,41)/t22-,27+,28-,29-/m0/s1. The van der Waals surface area contributed by atoms with Crippen molar-refractivity contribution in [3.63, 3.8) is 0 Å². The lowest BCUT2D eigenvalue weighted by Gasteiger charge is -2.38. The van der Waals surface area contributed by atoms with Crippen LogP contribution in [0.5, 0.6) is 0 Å². The van der Waals surface area contributed by atoms with Gasteiger partial charge in [-0.15, -0.1) is 16.4 Å². The average Bonchev–Trinajstić information content (AvgIpc) is 3.71. The van der Waals surface area contributed by atoms with E-state index in [0.717, 1.165) is 28.0 Å². The minimum absolute atomic E-state index is 0.0142. The van der Waals surface area contributed by atoms with Crippen molar-refractivity contribution in [2.45, 2.75) is 110 Å². The van der Waals surface area contributed by atoms with Crippen molar-refractivity contribution in [2.75, 3.05) is 6.54 Å². The molecule has 4 rings (SSSR count). The fourth-order valence-electron chi connectivity index (χ4n) is 5.51.